The van der Waals surface area contributed by atoms with Crippen molar-refractivity contribution >= 4 is 5.69 Å². The van der Waals surface area contributed by atoms with Gasteiger partial charge in [-0.2, -0.15) is 0 Å². The van der Waals surface area contributed by atoms with Crippen molar-refractivity contribution in [2.45, 2.75) is 25.3 Å². The van der Waals surface area contributed by atoms with Crippen LogP contribution in [0.5, 0.6) is 0 Å². The second-order valence-corrected chi connectivity index (χ2v) is 4.65. The van der Waals surface area contributed by atoms with E-state index >= 15 is 0 Å². The van der Waals surface area contributed by atoms with Crippen molar-refractivity contribution in [2.75, 3.05) is 5.32 Å². The van der Waals surface area contributed by atoms with Crippen LogP contribution in [0.1, 0.15) is 30.0 Å². The van der Waals surface area contributed by atoms with Crippen LogP contribution < -0.4 is 5.32 Å². The first-order valence-electron chi connectivity index (χ1n) is 6.33. The van der Waals surface area contributed by atoms with Gasteiger partial charge in [-0.05, 0) is 42.5 Å². The van der Waals surface area contributed by atoms with Crippen LogP contribution in [0.4, 0.5) is 5.69 Å². The van der Waals surface area contributed by atoms with Crippen LogP contribution in [0, 0.1) is 0 Å². The lowest BCUT2D eigenvalue weighted by Gasteiger charge is -2.27. The first-order chi connectivity index (χ1) is 8.43. The Bertz CT molecular complexity index is 490. The van der Waals surface area contributed by atoms with Gasteiger partial charge in [0.25, 0.3) is 0 Å². The van der Waals surface area contributed by atoms with Gasteiger partial charge in [-0.3, -0.25) is 0 Å². The standard InChI is InChI=1S/C16H17N/c1-2-9-14(10-3-1)17-16-12-6-8-13-7-4-5-11-15(13)16/h1-5,7,9-11,16-17H,6,8,12H2/t16-/m0/s1. The number of hydrogen-bond donors (Lipinski definition) is 1. The molecule has 1 heteroatoms. The molecule has 1 atom stereocenters. The van der Waals surface area contributed by atoms with Crippen LogP contribution in [0.2, 0.25) is 0 Å². The molecule has 2 aromatic carbocycles. The predicted molar refractivity (Wildman–Crippen MR) is 72.2 cm³/mol. The van der Waals surface area contributed by atoms with Gasteiger partial charge in [0.15, 0.2) is 0 Å². The smallest absolute Gasteiger partial charge is 0.0516 e. The topological polar surface area (TPSA) is 12.0 Å². The number of hydrogen-bond acceptors (Lipinski definition) is 1. The number of nitrogens with one attached hydrogen (secondary N) is 1. The molecule has 0 aliphatic heterocycles. The van der Waals surface area contributed by atoms with E-state index in [-0.39, 0.29) is 0 Å². The molecule has 0 radical (unpaired) electrons. The van der Waals surface area contributed by atoms with Gasteiger partial charge in [0.1, 0.15) is 0 Å². The van der Waals surface area contributed by atoms with Crippen molar-refractivity contribution in [2.24, 2.45) is 0 Å². The van der Waals surface area contributed by atoms with Crippen molar-refractivity contribution in [3.63, 3.8) is 0 Å². The molecule has 2 aromatic rings. The lowest BCUT2D eigenvalue weighted by Crippen LogP contribution is -2.17. The summed E-state index contributed by atoms with van der Waals surface area (Å²) < 4.78 is 0. The van der Waals surface area contributed by atoms with E-state index in [1.54, 1.807) is 0 Å². The van der Waals surface area contributed by atoms with Crippen LogP contribution in [-0.4, -0.2) is 0 Å². The third kappa shape index (κ3) is 2.19. The lowest BCUT2D eigenvalue weighted by molar-refractivity contribution is 0.600. The summed E-state index contributed by atoms with van der Waals surface area (Å²) >= 11 is 0. The average molecular weight is 223 g/mol. The molecule has 0 fully saturated rings. The average Bonchev–Trinajstić information content (AvgIpc) is 2.40. The maximum atomic E-state index is 3.64. The van der Waals surface area contributed by atoms with E-state index in [4.69, 9.17) is 0 Å². The number of benzene rings is 2. The molecule has 1 nitrogen and oxygen atoms in total. The number of para-hydroxylation sites is 1. The fraction of sp³-hybridized carbons (Fsp3) is 0.250. The number of rotatable bonds is 2. The van der Waals surface area contributed by atoms with E-state index < -0.39 is 0 Å². The van der Waals surface area contributed by atoms with Crippen molar-refractivity contribution < 1.29 is 0 Å². The molecule has 0 heterocycles. The number of anilines is 1. The Labute approximate surface area is 102 Å². The summed E-state index contributed by atoms with van der Waals surface area (Å²) in [6.45, 7) is 0. The minimum Gasteiger partial charge on any atom is -0.378 e. The zero-order valence-electron chi connectivity index (χ0n) is 9.89. The summed E-state index contributed by atoms with van der Waals surface area (Å²) in [6, 6.07) is 19.8. The highest BCUT2D eigenvalue weighted by molar-refractivity contribution is 5.47. The molecule has 0 aromatic heterocycles. The van der Waals surface area contributed by atoms with Crippen molar-refractivity contribution in [3.8, 4) is 0 Å². The maximum absolute atomic E-state index is 3.64. The second-order valence-electron chi connectivity index (χ2n) is 4.65. The van der Waals surface area contributed by atoms with Crippen LogP contribution in [0.3, 0.4) is 0 Å². The van der Waals surface area contributed by atoms with Crippen LogP contribution in [0.25, 0.3) is 0 Å². The van der Waals surface area contributed by atoms with Gasteiger partial charge in [-0.25, -0.2) is 0 Å². The summed E-state index contributed by atoms with van der Waals surface area (Å²) in [7, 11) is 0. The zero-order valence-corrected chi connectivity index (χ0v) is 9.89. The summed E-state index contributed by atoms with van der Waals surface area (Å²) in [5.41, 5.74) is 4.20. The normalized spacial score (nSPS) is 18.5. The SMILES string of the molecule is c1ccc(N[C@H]2CCCc3ccccc32)cc1. The third-order valence-electron chi connectivity index (χ3n) is 3.48. The van der Waals surface area contributed by atoms with E-state index in [0.717, 1.165) is 0 Å². The molecule has 86 valence electrons. The first-order valence-corrected chi connectivity index (χ1v) is 6.33. The van der Waals surface area contributed by atoms with Gasteiger partial charge in [-0.15, -0.1) is 0 Å². The van der Waals surface area contributed by atoms with Gasteiger partial charge < -0.3 is 5.32 Å². The molecule has 0 saturated heterocycles. The molecule has 0 saturated carbocycles. The molecule has 0 bridgehead atoms. The Morgan fingerprint density at radius 3 is 2.53 bits per heavy atom. The minimum absolute atomic E-state index is 0.474. The largest absolute Gasteiger partial charge is 0.378 e. The molecule has 0 amide bonds. The molecule has 1 aliphatic rings. The summed E-state index contributed by atoms with van der Waals surface area (Å²) in [5, 5.41) is 3.64. The summed E-state index contributed by atoms with van der Waals surface area (Å²) in [5.74, 6) is 0. The van der Waals surface area contributed by atoms with Gasteiger partial charge in [0.05, 0.1) is 6.04 Å². The highest BCUT2D eigenvalue weighted by Gasteiger charge is 2.18. The minimum atomic E-state index is 0.474. The van der Waals surface area contributed by atoms with E-state index in [9.17, 15) is 0 Å². The molecule has 0 spiro atoms. The van der Waals surface area contributed by atoms with Gasteiger partial charge >= 0.3 is 0 Å². The van der Waals surface area contributed by atoms with Gasteiger partial charge in [0, 0.05) is 5.69 Å². The number of aryl methyl sites for hydroxylation is 1. The van der Waals surface area contributed by atoms with E-state index in [0.29, 0.717) is 6.04 Å². The monoisotopic (exact) mass is 223 g/mol. The predicted octanol–water partition coefficient (Wildman–Crippen LogP) is 4.18. The molecule has 1 N–H and O–H groups in total. The fourth-order valence-corrected chi connectivity index (χ4v) is 2.64. The molecule has 3 rings (SSSR count). The summed E-state index contributed by atoms with van der Waals surface area (Å²) in [4.78, 5) is 0. The van der Waals surface area contributed by atoms with Gasteiger partial charge in [-0.1, -0.05) is 42.5 Å². The molecule has 17 heavy (non-hydrogen) atoms. The van der Waals surface area contributed by atoms with Crippen LogP contribution >= 0.6 is 0 Å². The third-order valence-corrected chi connectivity index (χ3v) is 3.48. The molecule has 1 aliphatic carbocycles. The first kappa shape index (κ1) is 10.4. The van der Waals surface area contributed by atoms with Crippen molar-refractivity contribution in [3.05, 3.63) is 65.7 Å². The van der Waals surface area contributed by atoms with Crippen molar-refractivity contribution in [1.29, 1.82) is 0 Å². The van der Waals surface area contributed by atoms with Crippen LogP contribution in [0.15, 0.2) is 54.6 Å². The van der Waals surface area contributed by atoms with E-state index in [1.165, 1.54) is 36.1 Å². The molecule has 0 unspecified atom stereocenters. The van der Waals surface area contributed by atoms with Crippen molar-refractivity contribution in [1.82, 2.24) is 0 Å². The zero-order chi connectivity index (χ0) is 11.5. The highest BCUT2D eigenvalue weighted by atomic mass is 14.9. The fourth-order valence-electron chi connectivity index (χ4n) is 2.64. The molecular formula is C16H17N. The van der Waals surface area contributed by atoms with Gasteiger partial charge in [0.2, 0.25) is 0 Å². The Morgan fingerprint density at radius 1 is 0.882 bits per heavy atom. The second kappa shape index (κ2) is 4.62. The highest BCUT2D eigenvalue weighted by Crippen LogP contribution is 2.32. The Hall–Kier alpha value is -1.76. The quantitative estimate of drug-likeness (QED) is 0.805. The summed E-state index contributed by atoms with van der Waals surface area (Å²) in [6.07, 6.45) is 3.73. The van der Waals surface area contributed by atoms with E-state index in [2.05, 4.69) is 59.9 Å². The Balaban J connectivity index is 1.86. The maximum Gasteiger partial charge on any atom is 0.0516 e. The van der Waals surface area contributed by atoms with Crippen LogP contribution in [-0.2, 0) is 6.42 Å². The lowest BCUT2D eigenvalue weighted by atomic mass is 9.87. The molecular weight excluding hydrogens is 206 g/mol. The Morgan fingerprint density at radius 2 is 1.65 bits per heavy atom. The Kier molecular flexibility index (Phi) is 2.83. The number of fused-ring (bicyclic) bond motifs is 1. The van der Waals surface area contributed by atoms with E-state index in [1.807, 2.05) is 0 Å².